The zero-order chi connectivity index (χ0) is 15.3. The largest absolute Gasteiger partial charge is 0.309 e. The van der Waals surface area contributed by atoms with Crippen molar-refractivity contribution in [1.82, 2.24) is 5.32 Å². The Kier molecular flexibility index (Phi) is 6.31. The number of hydrogen-bond donors (Lipinski definition) is 1. The maximum absolute atomic E-state index is 3.79. The summed E-state index contributed by atoms with van der Waals surface area (Å²) in [4.78, 5) is 3.21. The van der Waals surface area contributed by atoms with Gasteiger partial charge in [-0.15, -0.1) is 11.3 Å². The number of fused-ring (bicyclic) bond motifs is 1. The van der Waals surface area contributed by atoms with Crippen molar-refractivity contribution in [2.75, 3.05) is 6.54 Å². The predicted molar refractivity (Wildman–Crippen MR) is 95.3 cm³/mol. The molecular formula is C19H33NS. The van der Waals surface area contributed by atoms with E-state index in [1.807, 2.05) is 0 Å². The van der Waals surface area contributed by atoms with Crippen molar-refractivity contribution in [2.24, 2.45) is 5.41 Å². The lowest BCUT2D eigenvalue weighted by molar-refractivity contribution is 0.291. The van der Waals surface area contributed by atoms with E-state index >= 15 is 0 Å². The van der Waals surface area contributed by atoms with E-state index in [0.29, 0.717) is 11.5 Å². The lowest BCUT2D eigenvalue weighted by Gasteiger charge is -2.27. The van der Waals surface area contributed by atoms with E-state index in [0.717, 1.165) is 6.54 Å². The molecule has 1 N–H and O–H groups in total. The van der Waals surface area contributed by atoms with Gasteiger partial charge < -0.3 is 5.32 Å². The highest BCUT2D eigenvalue weighted by molar-refractivity contribution is 7.12. The fraction of sp³-hybridized carbons (Fsp3) is 0.789. The van der Waals surface area contributed by atoms with E-state index in [9.17, 15) is 0 Å². The molecule has 1 atom stereocenters. The van der Waals surface area contributed by atoms with E-state index in [-0.39, 0.29) is 0 Å². The van der Waals surface area contributed by atoms with Crippen molar-refractivity contribution in [3.63, 3.8) is 0 Å². The molecule has 120 valence electrons. The van der Waals surface area contributed by atoms with Crippen LogP contribution in [-0.2, 0) is 12.8 Å². The standard InChI is InChI=1S/C19H33NS/c1-5-6-9-12-19(3,4)14-20-15(2)18-13-16-10-7-8-11-17(16)21-18/h13,15,20H,5-12,14H2,1-4H3. The summed E-state index contributed by atoms with van der Waals surface area (Å²) in [6.07, 6.45) is 10.8. The van der Waals surface area contributed by atoms with E-state index in [2.05, 4.69) is 50.4 Å². The van der Waals surface area contributed by atoms with Crippen LogP contribution in [0.2, 0.25) is 0 Å². The second-order valence-corrected chi connectivity index (χ2v) is 8.70. The fourth-order valence-corrected chi connectivity index (χ4v) is 4.48. The van der Waals surface area contributed by atoms with Gasteiger partial charge in [0.05, 0.1) is 0 Å². The Hall–Kier alpha value is -0.340. The molecule has 2 rings (SSSR count). The molecule has 0 spiro atoms. The summed E-state index contributed by atoms with van der Waals surface area (Å²) < 4.78 is 0. The van der Waals surface area contributed by atoms with Crippen molar-refractivity contribution in [2.45, 2.75) is 85.1 Å². The van der Waals surface area contributed by atoms with Crippen LogP contribution in [0.4, 0.5) is 0 Å². The summed E-state index contributed by atoms with van der Waals surface area (Å²) in [5, 5.41) is 3.79. The minimum Gasteiger partial charge on any atom is -0.309 e. The van der Waals surface area contributed by atoms with Crippen LogP contribution in [0.25, 0.3) is 0 Å². The molecule has 0 aliphatic heterocycles. The molecule has 1 nitrogen and oxygen atoms in total. The van der Waals surface area contributed by atoms with Gasteiger partial charge >= 0.3 is 0 Å². The normalized spacial score (nSPS) is 16.8. The lowest BCUT2D eigenvalue weighted by Crippen LogP contribution is -2.31. The van der Waals surface area contributed by atoms with Crippen LogP contribution in [0.15, 0.2) is 6.07 Å². The molecular weight excluding hydrogens is 274 g/mol. The summed E-state index contributed by atoms with van der Waals surface area (Å²) in [7, 11) is 0. The number of unbranched alkanes of at least 4 members (excludes halogenated alkanes) is 2. The molecule has 1 aliphatic rings. The second kappa shape index (κ2) is 7.78. The van der Waals surface area contributed by atoms with Gasteiger partial charge in [-0.1, -0.05) is 40.0 Å². The first-order chi connectivity index (χ1) is 10.0. The van der Waals surface area contributed by atoms with Crippen LogP contribution in [0.3, 0.4) is 0 Å². The second-order valence-electron chi connectivity index (χ2n) is 7.53. The minimum absolute atomic E-state index is 0.417. The van der Waals surface area contributed by atoms with Crippen LogP contribution >= 0.6 is 11.3 Å². The predicted octanol–water partition coefficient (Wildman–Crippen LogP) is 5.88. The van der Waals surface area contributed by atoms with E-state index in [1.54, 1.807) is 15.3 Å². The van der Waals surface area contributed by atoms with Crippen molar-refractivity contribution < 1.29 is 0 Å². The van der Waals surface area contributed by atoms with Gasteiger partial charge in [0.1, 0.15) is 0 Å². The van der Waals surface area contributed by atoms with Crippen LogP contribution in [-0.4, -0.2) is 6.54 Å². The Bertz CT molecular complexity index is 409. The molecule has 1 unspecified atom stereocenters. The van der Waals surface area contributed by atoms with Crippen molar-refractivity contribution in [1.29, 1.82) is 0 Å². The van der Waals surface area contributed by atoms with Gasteiger partial charge in [-0.25, -0.2) is 0 Å². The van der Waals surface area contributed by atoms with E-state index in [4.69, 9.17) is 0 Å². The third-order valence-corrected chi connectivity index (χ3v) is 6.21. The van der Waals surface area contributed by atoms with Gasteiger partial charge in [-0.05, 0) is 56.1 Å². The third kappa shape index (κ3) is 5.10. The highest BCUT2D eigenvalue weighted by Crippen LogP contribution is 2.33. The number of thiophene rings is 1. The summed E-state index contributed by atoms with van der Waals surface area (Å²) in [6, 6.07) is 2.98. The van der Waals surface area contributed by atoms with Gasteiger partial charge in [-0.3, -0.25) is 0 Å². The molecule has 1 aliphatic carbocycles. The molecule has 1 aromatic heterocycles. The molecule has 21 heavy (non-hydrogen) atoms. The Labute approximate surface area is 135 Å². The van der Waals surface area contributed by atoms with Gasteiger partial charge in [0, 0.05) is 22.3 Å². The maximum atomic E-state index is 3.79. The fourth-order valence-electron chi connectivity index (χ4n) is 3.20. The average Bonchev–Trinajstić information content (AvgIpc) is 2.89. The Morgan fingerprint density at radius 1 is 1.24 bits per heavy atom. The van der Waals surface area contributed by atoms with Crippen LogP contribution < -0.4 is 5.32 Å². The van der Waals surface area contributed by atoms with Crippen LogP contribution in [0, 0.1) is 5.41 Å². The van der Waals surface area contributed by atoms with Crippen molar-refractivity contribution >= 4 is 11.3 Å². The summed E-state index contributed by atoms with van der Waals surface area (Å²) in [6.45, 7) is 10.6. The van der Waals surface area contributed by atoms with Crippen molar-refractivity contribution in [3.8, 4) is 0 Å². The Morgan fingerprint density at radius 3 is 2.71 bits per heavy atom. The van der Waals surface area contributed by atoms with Gasteiger partial charge in [0.25, 0.3) is 0 Å². The number of rotatable bonds is 8. The molecule has 0 bridgehead atoms. The topological polar surface area (TPSA) is 12.0 Å². The Balaban J connectivity index is 1.83. The molecule has 1 heterocycles. The highest BCUT2D eigenvalue weighted by atomic mass is 32.1. The van der Waals surface area contributed by atoms with Crippen LogP contribution in [0.5, 0.6) is 0 Å². The van der Waals surface area contributed by atoms with Crippen molar-refractivity contribution in [3.05, 3.63) is 21.4 Å². The maximum Gasteiger partial charge on any atom is 0.0386 e. The third-order valence-electron chi connectivity index (χ3n) is 4.79. The quantitative estimate of drug-likeness (QED) is 0.591. The minimum atomic E-state index is 0.417. The molecule has 0 saturated heterocycles. The number of hydrogen-bond acceptors (Lipinski definition) is 2. The molecule has 1 aromatic rings. The summed E-state index contributed by atoms with van der Waals surface area (Å²) in [5.74, 6) is 0. The van der Waals surface area contributed by atoms with Crippen LogP contribution in [0.1, 0.15) is 87.6 Å². The molecule has 2 heteroatoms. The molecule has 0 radical (unpaired) electrons. The number of nitrogens with one attached hydrogen (secondary N) is 1. The zero-order valence-corrected chi connectivity index (χ0v) is 15.2. The SMILES string of the molecule is CCCCCC(C)(C)CNC(C)c1cc2c(s1)CCCC2. The highest BCUT2D eigenvalue weighted by Gasteiger charge is 2.20. The van der Waals surface area contributed by atoms with Gasteiger partial charge in [0.15, 0.2) is 0 Å². The first-order valence-electron chi connectivity index (χ1n) is 8.87. The lowest BCUT2D eigenvalue weighted by atomic mass is 9.86. The first-order valence-corrected chi connectivity index (χ1v) is 9.68. The molecule has 0 fully saturated rings. The smallest absolute Gasteiger partial charge is 0.0386 e. The average molecular weight is 308 g/mol. The summed E-state index contributed by atoms with van der Waals surface area (Å²) >= 11 is 2.05. The molecule has 0 saturated carbocycles. The molecule has 0 amide bonds. The summed E-state index contributed by atoms with van der Waals surface area (Å²) in [5.41, 5.74) is 2.05. The number of aryl methyl sites for hydroxylation is 2. The first kappa shape index (κ1) is 17.0. The van der Waals surface area contributed by atoms with Gasteiger partial charge in [0.2, 0.25) is 0 Å². The van der Waals surface area contributed by atoms with E-state index < -0.39 is 0 Å². The zero-order valence-electron chi connectivity index (χ0n) is 14.4. The molecule has 0 aromatic carbocycles. The van der Waals surface area contributed by atoms with E-state index in [1.165, 1.54) is 51.4 Å². The monoisotopic (exact) mass is 307 g/mol. The van der Waals surface area contributed by atoms with Gasteiger partial charge in [-0.2, -0.15) is 0 Å². The Morgan fingerprint density at radius 2 is 2.00 bits per heavy atom.